The average molecular weight is 455 g/mol. The van der Waals surface area contributed by atoms with Gasteiger partial charge in [-0.25, -0.2) is 13.6 Å². The highest BCUT2D eigenvalue weighted by Crippen LogP contribution is 2.45. The number of nitriles is 1. The van der Waals surface area contributed by atoms with Gasteiger partial charge < -0.3 is 15.5 Å². The number of urea groups is 1. The first kappa shape index (κ1) is 24.5. The molecule has 1 saturated carbocycles. The van der Waals surface area contributed by atoms with Gasteiger partial charge in [0.2, 0.25) is 0 Å². The van der Waals surface area contributed by atoms with Gasteiger partial charge in [-0.05, 0) is 60.9 Å². The summed E-state index contributed by atoms with van der Waals surface area (Å²) in [5.41, 5.74) is 1.64. The van der Waals surface area contributed by atoms with Crippen molar-refractivity contribution in [1.29, 1.82) is 5.26 Å². The lowest BCUT2D eigenvalue weighted by Gasteiger charge is -2.37. The second-order valence-corrected chi connectivity index (χ2v) is 9.68. The van der Waals surface area contributed by atoms with Crippen molar-refractivity contribution >= 4 is 23.1 Å². The molecule has 2 aromatic carbocycles. The minimum atomic E-state index is -0.849. The molecule has 7 heteroatoms. The molecule has 0 radical (unpaired) electrons. The van der Waals surface area contributed by atoms with E-state index in [-0.39, 0.29) is 5.69 Å². The Morgan fingerprint density at radius 1 is 1.03 bits per heavy atom. The maximum atomic E-state index is 14.0. The van der Waals surface area contributed by atoms with E-state index in [0.29, 0.717) is 17.5 Å². The maximum absolute atomic E-state index is 14.0. The van der Waals surface area contributed by atoms with E-state index in [2.05, 4.69) is 49.3 Å². The number of halogens is 2. The molecule has 1 aliphatic rings. The van der Waals surface area contributed by atoms with Crippen LogP contribution in [-0.2, 0) is 5.41 Å². The van der Waals surface area contributed by atoms with Crippen LogP contribution in [0.25, 0.3) is 0 Å². The van der Waals surface area contributed by atoms with Crippen molar-refractivity contribution in [3.8, 4) is 6.07 Å². The molecule has 0 spiro atoms. The van der Waals surface area contributed by atoms with Gasteiger partial charge in [0.1, 0.15) is 11.6 Å². The average Bonchev–Trinajstić information content (AvgIpc) is 2.69. The van der Waals surface area contributed by atoms with Crippen molar-refractivity contribution in [2.24, 2.45) is 11.8 Å². The van der Waals surface area contributed by atoms with E-state index in [9.17, 15) is 18.8 Å². The minimum absolute atomic E-state index is 0.111. The van der Waals surface area contributed by atoms with Gasteiger partial charge in [0, 0.05) is 19.2 Å². The Labute approximate surface area is 194 Å². The lowest BCUT2D eigenvalue weighted by atomic mass is 9.65. The van der Waals surface area contributed by atoms with E-state index < -0.39 is 23.1 Å². The SMILES string of the molecule is CC(C)CN(CC(C)C)c1ccc(C2(C#N)CCC2)cc1NC(=O)Nc1ccc(F)cc1F. The standard InChI is InChI=1S/C26H32F2N4O/c1-17(2)14-32(15-18(3)4)24-9-6-19(26(16-29)10-5-11-26)12-23(24)31-25(33)30-22-8-7-20(27)13-21(22)28/h6-9,12-13,17-18H,5,10-11,14-15H2,1-4H3,(H2,30,31,33). The van der Waals surface area contributed by atoms with Crippen molar-refractivity contribution in [3.63, 3.8) is 0 Å². The molecule has 3 rings (SSSR count). The molecule has 0 aliphatic heterocycles. The Bertz CT molecular complexity index is 1030. The number of nitrogens with one attached hydrogen (secondary N) is 2. The number of rotatable bonds is 8. The van der Waals surface area contributed by atoms with E-state index >= 15 is 0 Å². The van der Waals surface area contributed by atoms with E-state index in [1.54, 1.807) is 0 Å². The van der Waals surface area contributed by atoms with E-state index in [0.717, 1.165) is 55.7 Å². The van der Waals surface area contributed by atoms with Crippen LogP contribution in [0.15, 0.2) is 36.4 Å². The first-order valence-electron chi connectivity index (χ1n) is 11.5. The summed E-state index contributed by atoms with van der Waals surface area (Å²) in [6.07, 6.45) is 2.57. The molecule has 0 atom stereocenters. The molecule has 0 unspecified atom stereocenters. The van der Waals surface area contributed by atoms with Crippen LogP contribution in [0.1, 0.15) is 52.5 Å². The summed E-state index contributed by atoms with van der Waals surface area (Å²) in [6, 6.07) is 10.6. The van der Waals surface area contributed by atoms with Crippen LogP contribution in [0.3, 0.4) is 0 Å². The van der Waals surface area contributed by atoms with Gasteiger partial charge in [-0.3, -0.25) is 0 Å². The molecule has 1 aliphatic carbocycles. The molecular weight excluding hydrogens is 422 g/mol. The normalized spacial score (nSPS) is 14.5. The smallest absolute Gasteiger partial charge is 0.323 e. The molecule has 0 heterocycles. The third-order valence-electron chi connectivity index (χ3n) is 5.91. The summed E-state index contributed by atoms with van der Waals surface area (Å²) in [4.78, 5) is 15.0. The Morgan fingerprint density at radius 2 is 1.67 bits per heavy atom. The number of hydrogen-bond donors (Lipinski definition) is 2. The summed E-state index contributed by atoms with van der Waals surface area (Å²) in [6.45, 7) is 10.1. The summed E-state index contributed by atoms with van der Waals surface area (Å²) in [5, 5.41) is 15.1. The molecule has 0 aromatic heterocycles. The minimum Gasteiger partial charge on any atom is -0.369 e. The predicted molar refractivity (Wildman–Crippen MR) is 128 cm³/mol. The van der Waals surface area contributed by atoms with Crippen LogP contribution < -0.4 is 15.5 Å². The number of hydrogen-bond acceptors (Lipinski definition) is 3. The van der Waals surface area contributed by atoms with E-state index in [1.165, 1.54) is 6.07 Å². The molecule has 2 aromatic rings. The third-order valence-corrected chi connectivity index (χ3v) is 5.91. The largest absolute Gasteiger partial charge is 0.369 e. The zero-order valence-corrected chi connectivity index (χ0v) is 19.7. The summed E-state index contributed by atoms with van der Waals surface area (Å²) in [7, 11) is 0. The van der Waals surface area contributed by atoms with Crippen LogP contribution in [0.4, 0.5) is 30.6 Å². The number of amides is 2. The van der Waals surface area contributed by atoms with E-state index in [1.807, 2.05) is 18.2 Å². The van der Waals surface area contributed by atoms with Gasteiger partial charge in [-0.15, -0.1) is 0 Å². The number of nitrogens with zero attached hydrogens (tertiary/aromatic N) is 2. The number of carbonyl (C=O) groups excluding carboxylic acids is 1. The maximum Gasteiger partial charge on any atom is 0.323 e. The van der Waals surface area contributed by atoms with Crippen molar-refractivity contribution in [2.45, 2.75) is 52.4 Å². The summed E-state index contributed by atoms with van der Waals surface area (Å²) in [5.74, 6) is -0.766. The quantitative estimate of drug-likeness (QED) is 0.468. The number of benzene rings is 2. The van der Waals surface area contributed by atoms with E-state index in [4.69, 9.17) is 0 Å². The Balaban J connectivity index is 1.95. The fourth-order valence-corrected chi connectivity index (χ4v) is 4.22. The topological polar surface area (TPSA) is 68.2 Å². The van der Waals surface area contributed by atoms with Gasteiger partial charge in [-0.2, -0.15) is 5.26 Å². The van der Waals surface area contributed by atoms with Crippen LogP contribution in [0.2, 0.25) is 0 Å². The predicted octanol–water partition coefficient (Wildman–Crippen LogP) is 6.67. The monoisotopic (exact) mass is 454 g/mol. The van der Waals surface area contributed by atoms with Gasteiger partial charge in [-0.1, -0.05) is 33.8 Å². The second kappa shape index (κ2) is 10.2. The fourth-order valence-electron chi connectivity index (χ4n) is 4.22. The van der Waals surface area contributed by atoms with Gasteiger partial charge in [0.05, 0.1) is 28.5 Å². The Morgan fingerprint density at radius 3 is 2.18 bits per heavy atom. The highest BCUT2D eigenvalue weighted by Gasteiger charge is 2.39. The summed E-state index contributed by atoms with van der Waals surface area (Å²) >= 11 is 0. The number of anilines is 3. The molecule has 0 saturated heterocycles. The summed E-state index contributed by atoms with van der Waals surface area (Å²) < 4.78 is 27.2. The third kappa shape index (κ3) is 5.81. The highest BCUT2D eigenvalue weighted by atomic mass is 19.1. The Kier molecular flexibility index (Phi) is 7.57. The lowest BCUT2D eigenvalue weighted by molar-refractivity contribution is 0.262. The second-order valence-electron chi connectivity index (χ2n) is 9.68. The molecule has 1 fully saturated rings. The van der Waals surface area contributed by atoms with Crippen molar-refractivity contribution in [1.82, 2.24) is 0 Å². The van der Waals surface area contributed by atoms with Crippen LogP contribution in [0, 0.1) is 34.8 Å². The Hall–Kier alpha value is -3.14. The lowest BCUT2D eigenvalue weighted by Crippen LogP contribution is -2.34. The van der Waals surface area contributed by atoms with Crippen molar-refractivity contribution < 1.29 is 13.6 Å². The fraction of sp³-hybridized carbons (Fsp3) is 0.462. The highest BCUT2D eigenvalue weighted by molar-refractivity contribution is 6.02. The van der Waals surface area contributed by atoms with Gasteiger partial charge in [0.25, 0.3) is 0 Å². The molecule has 0 bridgehead atoms. The van der Waals surface area contributed by atoms with Crippen molar-refractivity contribution in [2.75, 3.05) is 28.6 Å². The van der Waals surface area contributed by atoms with Gasteiger partial charge >= 0.3 is 6.03 Å². The van der Waals surface area contributed by atoms with Gasteiger partial charge in [0.15, 0.2) is 0 Å². The van der Waals surface area contributed by atoms with Crippen LogP contribution in [-0.4, -0.2) is 19.1 Å². The van der Waals surface area contributed by atoms with Crippen molar-refractivity contribution in [3.05, 3.63) is 53.6 Å². The first-order chi connectivity index (χ1) is 15.6. The molecule has 2 amide bonds. The molecular formula is C26H32F2N4O. The zero-order valence-electron chi connectivity index (χ0n) is 19.7. The van der Waals surface area contributed by atoms with Crippen LogP contribution in [0.5, 0.6) is 0 Å². The van der Waals surface area contributed by atoms with Crippen LogP contribution >= 0.6 is 0 Å². The molecule has 33 heavy (non-hydrogen) atoms. The molecule has 2 N–H and O–H groups in total. The molecule has 5 nitrogen and oxygen atoms in total. The number of carbonyl (C=O) groups is 1. The zero-order chi connectivity index (χ0) is 24.2. The molecule has 176 valence electrons. The first-order valence-corrected chi connectivity index (χ1v) is 11.5.